The fourth-order valence-electron chi connectivity index (χ4n) is 3.70. The highest BCUT2D eigenvalue weighted by atomic mass is 32.2. The SMILES string of the molecule is CCN(C(=O)C(CCc1ccc([N+](=O)[O-])cc1)C(=O)NS(=O)(=O)/C=C/c1ccccc1)c1ccccc1. The van der Waals surface area contributed by atoms with Gasteiger partial charge in [-0.15, -0.1) is 0 Å². The summed E-state index contributed by atoms with van der Waals surface area (Å²) in [6.45, 7) is 2.03. The molecule has 0 radical (unpaired) electrons. The van der Waals surface area contributed by atoms with Crippen LogP contribution in [0.3, 0.4) is 0 Å². The van der Waals surface area contributed by atoms with E-state index in [1.54, 1.807) is 79.7 Å². The molecule has 0 saturated carbocycles. The lowest BCUT2D eigenvalue weighted by molar-refractivity contribution is -0.384. The van der Waals surface area contributed by atoms with E-state index in [1.807, 2.05) is 4.72 Å². The molecule has 0 heterocycles. The van der Waals surface area contributed by atoms with Crippen LogP contribution in [0.25, 0.3) is 6.08 Å². The van der Waals surface area contributed by atoms with Crippen LogP contribution in [0.5, 0.6) is 0 Å². The topological polar surface area (TPSA) is 127 Å². The molecular formula is C27H27N3O6S. The van der Waals surface area contributed by atoms with E-state index in [1.165, 1.54) is 23.1 Å². The number of carbonyl (C=O) groups is 2. The van der Waals surface area contributed by atoms with Gasteiger partial charge in [0.25, 0.3) is 15.7 Å². The van der Waals surface area contributed by atoms with Crippen LogP contribution >= 0.6 is 0 Å². The molecule has 0 saturated heterocycles. The summed E-state index contributed by atoms with van der Waals surface area (Å²) in [6.07, 6.45) is 1.59. The van der Waals surface area contributed by atoms with E-state index < -0.39 is 32.7 Å². The third-order valence-corrected chi connectivity index (χ3v) is 6.60. The number of nitro benzene ring substituents is 1. The minimum Gasteiger partial charge on any atom is -0.312 e. The lowest BCUT2D eigenvalue weighted by atomic mass is 9.97. The highest BCUT2D eigenvalue weighted by molar-refractivity contribution is 7.93. The van der Waals surface area contributed by atoms with Crippen molar-refractivity contribution in [2.75, 3.05) is 11.4 Å². The molecule has 0 aliphatic carbocycles. The number of hydrogen-bond acceptors (Lipinski definition) is 6. The molecule has 3 aromatic carbocycles. The molecule has 9 nitrogen and oxygen atoms in total. The molecule has 10 heteroatoms. The first-order chi connectivity index (χ1) is 17.7. The summed E-state index contributed by atoms with van der Waals surface area (Å²) >= 11 is 0. The van der Waals surface area contributed by atoms with Gasteiger partial charge in [0, 0.05) is 24.4 Å². The Morgan fingerprint density at radius 1 is 0.973 bits per heavy atom. The first-order valence-electron chi connectivity index (χ1n) is 11.6. The Morgan fingerprint density at radius 2 is 1.57 bits per heavy atom. The van der Waals surface area contributed by atoms with Crippen LogP contribution in [0, 0.1) is 16.0 Å². The Labute approximate surface area is 215 Å². The third-order valence-electron chi connectivity index (χ3n) is 5.62. The second-order valence-corrected chi connectivity index (χ2v) is 9.72. The maximum Gasteiger partial charge on any atom is 0.269 e. The van der Waals surface area contributed by atoms with Crippen molar-refractivity contribution < 1.29 is 22.9 Å². The molecule has 2 amide bonds. The summed E-state index contributed by atoms with van der Waals surface area (Å²) in [7, 11) is -4.18. The average molecular weight is 522 g/mol. The number of hydrogen-bond donors (Lipinski definition) is 1. The van der Waals surface area contributed by atoms with E-state index in [0.717, 1.165) is 5.41 Å². The van der Waals surface area contributed by atoms with Crippen molar-refractivity contribution >= 4 is 39.3 Å². The van der Waals surface area contributed by atoms with Crippen molar-refractivity contribution in [1.82, 2.24) is 4.72 Å². The Bertz CT molecular complexity index is 1360. The number of nitro groups is 1. The standard InChI is InChI=1S/C27H27N3O6S/c1-2-29(23-11-7-4-8-12-23)27(32)25(18-15-22-13-16-24(17-14-22)30(33)34)26(31)28-37(35,36)20-19-21-9-5-3-6-10-21/h3-14,16-17,19-20,25H,2,15,18H2,1H3,(H,28,31)/b20-19+. The van der Waals surface area contributed by atoms with Gasteiger partial charge in [0.1, 0.15) is 5.92 Å². The van der Waals surface area contributed by atoms with Crippen molar-refractivity contribution in [2.24, 2.45) is 5.92 Å². The lowest BCUT2D eigenvalue weighted by Gasteiger charge is -2.26. The quantitative estimate of drug-likeness (QED) is 0.228. The number of amides is 2. The van der Waals surface area contributed by atoms with Gasteiger partial charge in [-0.3, -0.25) is 19.7 Å². The van der Waals surface area contributed by atoms with Crippen LogP contribution in [0.2, 0.25) is 0 Å². The summed E-state index contributed by atoms with van der Waals surface area (Å²) in [5, 5.41) is 11.8. The number of non-ortho nitro benzene ring substituents is 1. The fraction of sp³-hybridized carbons (Fsp3) is 0.185. The van der Waals surface area contributed by atoms with E-state index >= 15 is 0 Å². The van der Waals surface area contributed by atoms with Crippen molar-refractivity contribution in [3.05, 3.63) is 112 Å². The zero-order chi connectivity index (χ0) is 26.8. The monoisotopic (exact) mass is 521 g/mol. The molecule has 0 bridgehead atoms. The van der Waals surface area contributed by atoms with Crippen molar-refractivity contribution in [1.29, 1.82) is 0 Å². The summed E-state index contributed by atoms with van der Waals surface area (Å²) < 4.78 is 27.2. The average Bonchev–Trinajstić information content (AvgIpc) is 2.89. The first kappa shape index (κ1) is 27.3. The molecule has 192 valence electrons. The van der Waals surface area contributed by atoms with Crippen LogP contribution in [0.15, 0.2) is 90.3 Å². The number of sulfonamides is 1. The zero-order valence-electron chi connectivity index (χ0n) is 20.2. The van der Waals surface area contributed by atoms with Crippen molar-refractivity contribution in [3.63, 3.8) is 0 Å². The number of para-hydroxylation sites is 1. The van der Waals surface area contributed by atoms with E-state index in [-0.39, 0.29) is 25.1 Å². The number of nitrogens with zero attached hydrogens (tertiary/aromatic N) is 2. The Kier molecular flexibility index (Phi) is 9.28. The van der Waals surface area contributed by atoms with Crippen molar-refractivity contribution in [2.45, 2.75) is 19.8 Å². The predicted octanol–water partition coefficient (Wildman–Crippen LogP) is 4.31. The van der Waals surface area contributed by atoms with Crippen LogP contribution in [0.4, 0.5) is 11.4 Å². The fourth-order valence-corrected chi connectivity index (χ4v) is 4.53. The van der Waals surface area contributed by atoms with Gasteiger partial charge < -0.3 is 4.90 Å². The Balaban J connectivity index is 1.83. The van der Waals surface area contributed by atoms with Crippen LogP contribution < -0.4 is 9.62 Å². The van der Waals surface area contributed by atoms with Gasteiger partial charge in [0.15, 0.2) is 0 Å². The largest absolute Gasteiger partial charge is 0.312 e. The van der Waals surface area contributed by atoms with Crippen LogP contribution in [0.1, 0.15) is 24.5 Å². The minimum absolute atomic E-state index is 0.00370. The number of aryl methyl sites for hydroxylation is 1. The van der Waals surface area contributed by atoms with Gasteiger partial charge in [-0.2, -0.15) is 0 Å². The van der Waals surface area contributed by atoms with Crippen molar-refractivity contribution in [3.8, 4) is 0 Å². The highest BCUT2D eigenvalue weighted by Crippen LogP contribution is 2.21. The molecule has 37 heavy (non-hydrogen) atoms. The normalized spacial score (nSPS) is 12.1. The number of benzene rings is 3. The molecule has 0 aliphatic heterocycles. The molecule has 0 aromatic heterocycles. The Hall–Kier alpha value is -4.31. The predicted molar refractivity (Wildman–Crippen MR) is 142 cm³/mol. The Morgan fingerprint density at radius 3 is 2.14 bits per heavy atom. The summed E-state index contributed by atoms with van der Waals surface area (Å²) in [5.74, 6) is -2.80. The number of rotatable bonds is 11. The van der Waals surface area contributed by atoms with Gasteiger partial charge >= 0.3 is 0 Å². The smallest absolute Gasteiger partial charge is 0.269 e. The second kappa shape index (κ2) is 12.6. The molecule has 0 spiro atoms. The summed E-state index contributed by atoms with van der Waals surface area (Å²) in [6, 6.07) is 23.3. The molecule has 0 fully saturated rings. The third kappa shape index (κ3) is 7.84. The van der Waals surface area contributed by atoms with E-state index in [2.05, 4.69) is 0 Å². The lowest BCUT2D eigenvalue weighted by Crippen LogP contribution is -2.45. The molecular weight excluding hydrogens is 494 g/mol. The maximum absolute atomic E-state index is 13.5. The molecule has 0 aliphatic rings. The number of nitrogens with one attached hydrogen (secondary N) is 1. The van der Waals surface area contributed by atoms with Crippen LogP contribution in [-0.2, 0) is 26.0 Å². The second-order valence-electron chi connectivity index (χ2n) is 8.16. The summed E-state index contributed by atoms with van der Waals surface area (Å²) in [5.41, 5.74) is 1.81. The maximum atomic E-state index is 13.5. The van der Waals surface area contributed by atoms with Gasteiger partial charge in [-0.25, -0.2) is 13.1 Å². The molecule has 1 atom stereocenters. The minimum atomic E-state index is -4.18. The van der Waals surface area contributed by atoms with E-state index in [0.29, 0.717) is 16.8 Å². The first-order valence-corrected chi connectivity index (χ1v) is 13.1. The molecule has 1 unspecified atom stereocenters. The van der Waals surface area contributed by atoms with Gasteiger partial charge in [0.2, 0.25) is 11.8 Å². The molecule has 3 rings (SSSR count). The molecule has 1 N–H and O–H groups in total. The number of carbonyl (C=O) groups excluding carboxylic acids is 2. The van der Waals surface area contributed by atoms with Crippen LogP contribution in [-0.4, -0.2) is 31.7 Å². The van der Waals surface area contributed by atoms with Gasteiger partial charge in [0.05, 0.1) is 10.3 Å². The molecule has 3 aromatic rings. The van der Waals surface area contributed by atoms with Gasteiger partial charge in [-0.05, 0) is 49.1 Å². The zero-order valence-corrected chi connectivity index (χ0v) is 21.0. The van der Waals surface area contributed by atoms with E-state index in [9.17, 15) is 28.1 Å². The summed E-state index contributed by atoms with van der Waals surface area (Å²) in [4.78, 5) is 38.5. The number of anilines is 1. The van der Waals surface area contributed by atoms with E-state index in [4.69, 9.17) is 0 Å². The highest BCUT2D eigenvalue weighted by Gasteiger charge is 2.32. The van der Waals surface area contributed by atoms with Gasteiger partial charge in [-0.1, -0.05) is 60.7 Å².